The molecule has 0 spiro atoms. The van der Waals surface area contributed by atoms with Gasteiger partial charge >= 0.3 is 0 Å². The fourth-order valence-corrected chi connectivity index (χ4v) is 2.76. The van der Waals surface area contributed by atoms with Gasteiger partial charge in [0.15, 0.2) is 5.43 Å². The van der Waals surface area contributed by atoms with E-state index in [0.29, 0.717) is 34.8 Å². The van der Waals surface area contributed by atoms with E-state index in [9.17, 15) is 9.90 Å². The van der Waals surface area contributed by atoms with Crippen LogP contribution in [0.15, 0.2) is 58.3 Å². The highest BCUT2D eigenvalue weighted by molar-refractivity contribution is 5.89. The number of phenolic OH excluding ortho intramolecular Hbond substituents is 1. The summed E-state index contributed by atoms with van der Waals surface area (Å²) in [6, 6.07) is 9.96. The molecule has 128 valence electrons. The van der Waals surface area contributed by atoms with Crippen LogP contribution in [-0.4, -0.2) is 19.3 Å². The summed E-state index contributed by atoms with van der Waals surface area (Å²) in [5.74, 6) is 1.38. The minimum atomic E-state index is -0.322. The molecule has 25 heavy (non-hydrogen) atoms. The Labute approximate surface area is 144 Å². The van der Waals surface area contributed by atoms with E-state index in [0.717, 1.165) is 5.56 Å². The summed E-state index contributed by atoms with van der Waals surface area (Å²) in [5.41, 5.74) is 1.37. The molecule has 2 aromatic carbocycles. The number of aromatic hydroxyl groups is 1. The normalized spacial score (nSPS) is 10.6. The van der Waals surface area contributed by atoms with Crippen molar-refractivity contribution >= 4 is 11.0 Å². The number of ether oxygens (including phenoxy) is 2. The molecule has 0 saturated carbocycles. The van der Waals surface area contributed by atoms with Gasteiger partial charge in [0.1, 0.15) is 34.0 Å². The predicted molar refractivity (Wildman–Crippen MR) is 96.6 cm³/mol. The average Bonchev–Trinajstić information content (AvgIpc) is 2.63. The molecule has 1 heterocycles. The van der Waals surface area contributed by atoms with Crippen LogP contribution in [0.1, 0.15) is 5.56 Å². The van der Waals surface area contributed by atoms with Crippen molar-refractivity contribution in [2.45, 2.75) is 6.42 Å². The van der Waals surface area contributed by atoms with Crippen LogP contribution in [0.25, 0.3) is 22.3 Å². The number of fused-ring (bicyclic) bond motifs is 1. The van der Waals surface area contributed by atoms with Crippen molar-refractivity contribution in [3.63, 3.8) is 0 Å². The first-order chi connectivity index (χ1) is 12.1. The Bertz CT molecular complexity index is 984. The minimum Gasteiger partial charge on any atom is -0.507 e. The molecule has 0 bridgehead atoms. The molecular weight excluding hydrogens is 320 g/mol. The number of benzene rings is 2. The van der Waals surface area contributed by atoms with E-state index in [-0.39, 0.29) is 16.6 Å². The lowest BCUT2D eigenvalue weighted by atomic mass is 10.0. The molecule has 0 aliphatic carbocycles. The van der Waals surface area contributed by atoms with Gasteiger partial charge in [-0.3, -0.25) is 4.79 Å². The summed E-state index contributed by atoms with van der Waals surface area (Å²) in [6.45, 7) is 3.73. The first-order valence-corrected chi connectivity index (χ1v) is 7.71. The van der Waals surface area contributed by atoms with Crippen molar-refractivity contribution in [2.75, 3.05) is 14.2 Å². The molecule has 0 radical (unpaired) electrons. The van der Waals surface area contributed by atoms with Crippen molar-refractivity contribution < 1.29 is 19.0 Å². The summed E-state index contributed by atoms with van der Waals surface area (Å²) in [4.78, 5) is 12.6. The zero-order valence-corrected chi connectivity index (χ0v) is 14.0. The van der Waals surface area contributed by atoms with Crippen molar-refractivity contribution in [3.8, 4) is 28.6 Å². The van der Waals surface area contributed by atoms with E-state index in [4.69, 9.17) is 13.9 Å². The van der Waals surface area contributed by atoms with Crippen molar-refractivity contribution in [1.29, 1.82) is 0 Å². The molecule has 0 fully saturated rings. The van der Waals surface area contributed by atoms with E-state index in [1.54, 1.807) is 37.5 Å². The molecule has 0 saturated heterocycles. The molecule has 3 rings (SSSR count). The van der Waals surface area contributed by atoms with Gasteiger partial charge in [-0.25, -0.2) is 0 Å². The Balaban J connectivity index is 2.30. The van der Waals surface area contributed by atoms with Crippen LogP contribution in [-0.2, 0) is 6.42 Å². The summed E-state index contributed by atoms with van der Waals surface area (Å²) in [6.07, 6.45) is 2.13. The van der Waals surface area contributed by atoms with Gasteiger partial charge in [0, 0.05) is 23.3 Å². The molecule has 0 unspecified atom stereocenters. The van der Waals surface area contributed by atoms with Crippen LogP contribution >= 0.6 is 0 Å². The number of methoxy groups -OCH3 is 2. The van der Waals surface area contributed by atoms with Crippen LogP contribution in [0.3, 0.4) is 0 Å². The lowest BCUT2D eigenvalue weighted by molar-refractivity contribution is 0.404. The molecular formula is C20H18O5. The van der Waals surface area contributed by atoms with E-state index < -0.39 is 0 Å². The third-order valence-electron chi connectivity index (χ3n) is 3.99. The second-order valence-corrected chi connectivity index (χ2v) is 5.48. The molecule has 0 atom stereocenters. The second kappa shape index (κ2) is 6.73. The molecule has 0 aliphatic rings. The Kier molecular flexibility index (Phi) is 4.48. The Morgan fingerprint density at radius 2 is 1.88 bits per heavy atom. The number of hydrogen-bond acceptors (Lipinski definition) is 5. The van der Waals surface area contributed by atoms with Gasteiger partial charge in [0.2, 0.25) is 0 Å². The zero-order valence-electron chi connectivity index (χ0n) is 14.0. The molecule has 0 amide bonds. The smallest absolute Gasteiger partial charge is 0.197 e. The van der Waals surface area contributed by atoms with Crippen LogP contribution < -0.4 is 14.9 Å². The largest absolute Gasteiger partial charge is 0.507 e. The Morgan fingerprint density at radius 3 is 2.48 bits per heavy atom. The van der Waals surface area contributed by atoms with E-state index in [1.807, 2.05) is 0 Å². The standard InChI is InChI=1S/C20H18O5/c1-4-5-14-18(24-3)11-16(22)19-15(21)10-17(25-20(14)19)12-6-8-13(23-2)9-7-12/h4,6-11,22H,1,5H2,2-3H3. The second-order valence-electron chi connectivity index (χ2n) is 5.48. The van der Waals surface area contributed by atoms with Gasteiger partial charge in [0.25, 0.3) is 0 Å². The summed E-state index contributed by atoms with van der Waals surface area (Å²) in [5, 5.41) is 10.3. The lowest BCUT2D eigenvalue weighted by Crippen LogP contribution is -2.04. The van der Waals surface area contributed by atoms with Crippen molar-refractivity contribution in [1.82, 2.24) is 0 Å². The van der Waals surface area contributed by atoms with Gasteiger partial charge in [0.05, 0.1) is 14.2 Å². The molecule has 1 N–H and O–H groups in total. The minimum absolute atomic E-state index is 0.134. The SMILES string of the molecule is C=CCc1c(OC)cc(O)c2c(=O)cc(-c3ccc(OC)cc3)oc12. The van der Waals surface area contributed by atoms with Gasteiger partial charge in [-0.05, 0) is 30.7 Å². The molecule has 1 aromatic heterocycles. The fraction of sp³-hybridized carbons (Fsp3) is 0.150. The summed E-state index contributed by atoms with van der Waals surface area (Å²) in [7, 11) is 3.08. The van der Waals surface area contributed by atoms with E-state index >= 15 is 0 Å². The number of phenols is 1. The highest BCUT2D eigenvalue weighted by Gasteiger charge is 2.18. The van der Waals surface area contributed by atoms with Crippen LogP contribution in [0, 0.1) is 0 Å². The molecule has 0 aliphatic heterocycles. The maximum atomic E-state index is 12.6. The molecule has 3 aromatic rings. The van der Waals surface area contributed by atoms with Crippen molar-refractivity contribution in [3.05, 3.63) is 64.8 Å². The first kappa shape index (κ1) is 16.6. The van der Waals surface area contributed by atoms with Crippen LogP contribution in [0.2, 0.25) is 0 Å². The van der Waals surface area contributed by atoms with Crippen LogP contribution in [0.5, 0.6) is 17.2 Å². The number of hydrogen-bond donors (Lipinski definition) is 1. The Morgan fingerprint density at radius 1 is 1.16 bits per heavy atom. The third kappa shape index (κ3) is 2.96. The highest BCUT2D eigenvalue weighted by atomic mass is 16.5. The number of allylic oxidation sites excluding steroid dienone is 1. The van der Waals surface area contributed by atoms with Gasteiger partial charge < -0.3 is 19.0 Å². The fourth-order valence-electron chi connectivity index (χ4n) is 2.76. The average molecular weight is 338 g/mol. The summed E-state index contributed by atoms with van der Waals surface area (Å²) < 4.78 is 16.4. The third-order valence-corrected chi connectivity index (χ3v) is 3.99. The number of rotatable bonds is 5. The highest BCUT2D eigenvalue weighted by Crippen LogP contribution is 2.36. The summed E-state index contributed by atoms with van der Waals surface area (Å²) >= 11 is 0. The predicted octanol–water partition coefficient (Wildman–Crippen LogP) is 3.91. The monoisotopic (exact) mass is 338 g/mol. The van der Waals surface area contributed by atoms with Crippen LogP contribution in [0.4, 0.5) is 0 Å². The molecule has 5 heteroatoms. The van der Waals surface area contributed by atoms with E-state index in [2.05, 4.69) is 6.58 Å². The van der Waals surface area contributed by atoms with Gasteiger partial charge in [-0.15, -0.1) is 6.58 Å². The zero-order chi connectivity index (χ0) is 18.0. The topological polar surface area (TPSA) is 68.9 Å². The maximum Gasteiger partial charge on any atom is 0.197 e. The Hall–Kier alpha value is -3.21. The quantitative estimate of drug-likeness (QED) is 0.714. The van der Waals surface area contributed by atoms with Gasteiger partial charge in [-0.2, -0.15) is 0 Å². The maximum absolute atomic E-state index is 12.6. The first-order valence-electron chi connectivity index (χ1n) is 7.71. The van der Waals surface area contributed by atoms with Crippen molar-refractivity contribution in [2.24, 2.45) is 0 Å². The van der Waals surface area contributed by atoms with Gasteiger partial charge in [-0.1, -0.05) is 6.08 Å². The van der Waals surface area contributed by atoms with E-state index in [1.165, 1.54) is 19.2 Å². The lowest BCUT2D eigenvalue weighted by Gasteiger charge is -2.12. The molecule has 5 nitrogen and oxygen atoms in total.